The van der Waals surface area contributed by atoms with Crippen LogP contribution in [0.4, 0.5) is 0 Å². The maximum absolute atomic E-state index is 12.3. The Bertz CT molecular complexity index is 930. The fraction of sp³-hybridized carbons (Fsp3) is 0. The summed E-state index contributed by atoms with van der Waals surface area (Å²) in [6.07, 6.45) is 0. The summed E-state index contributed by atoms with van der Waals surface area (Å²) in [5.41, 5.74) is 2.15. The molecule has 108 valence electrons. The van der Waals surface area contributed by atoms with Crippen LogP contribution in [0.3, 0.4) is 0 Å². The predicted octanol–water partition coefficient (Wildman–Crippen LogP) is 4.38. The zero-order chi connectivity index (χ0) is 15.9. The first-order valence-electron chi connectivity index (χ1n) is 7.09. The van der Waals surface area contributed by atoms with E-state index >= 15 is 0 Å². The third-order valence-corrected chi connectivity index (χ3v) is 3.89. The first kappa shape index (κ1) is 14.9. The van der Waals surface area contributed by atoms with Crippen molar-refractivity contribution in [2.45, 2.75) is 0 Å². The normalized spacial score (nSPS) is 9.22. The van der Waals surface area contributed by atoms with Crippen molar-refractivity contribution >= 4 is 17.1 Å². The van der Waals surface area contributed by atoms with E-state index in [9.17, 15) is 4.79 Å². The molecule has 0 radical (unpaired) electrons. The van der Waals surface area contributed by atoms with Gasteiger partial charge in [-0.3, -0.25) is 4.79 Å². The van der Waals surface area contributed by atoms with E-state index in [-0.39, 0.29) is 5.78 Å². The Morgan fingerprint density at radius 1 is 0.783 bits per heavy atom. The topological polar surface area (TPSA) is 17.1 Å². The lowest BCUT2D eigenvalue weighted by Crippen LogP contribution is -1.98. The van der Waals surface area contributed by atoms with Crippen molar-refractivity contribution in [3.8, 4) is 23.7 Å². The number of hydrogen-bond donors (Lipinski definition) is 0. The smallest absolute Gasteiger partial charge is 0.237 e. The Labute approximate surface area is 139 Å². The number of ketones is 1. The average Bonchev–Trinajstić information content (AvgIpc) is 3.12. The van der Waals surface area contributed by atoms with Crippen LogP contribution in [-0.2, 0) is 0 Å². The molecule has 0 saturated carbocycles. The molecule has 1 heterocycles. The summed E-state index contributed by atoms with van der Waals surface area (Å²) >= 11 is 1.52. The fourth-order valence-corrected chi connectivity index (χ4v) is 2.56. The van der Waals surface area contributed by atoms with Crippen molar-refractivity contribution in [1.29, 1.82) is 0 Å². The van der Waals surface area contributed by atoms with E-state index in [0.29, 0.717) is 11.1 Å². The number of benzene rings is 2. The highest BCUT2D eigenvalue weighted by Crippen LogP contribution is 2.10. The Kier molecular flexibility index (Phi) is 4.69. The molecule has 0 fully saturated rings. The zero-order valence-electron chi connectivity index (χ0n) is 12.2. The first-order valence-corrected chi connectivity index (χ1v) is 7.97. The van der Waals surface area contributed by atoms with E-state index in [1.807, 2.05) is 66.0 Å². The van der Waals surface area contributed by atoms with Crippen molar-refractivity contribution in [2.24, 2.45) is 0 Å². The average molecular weight is 312 g/mol. The lowest BCUT2D eigenvalue weighted by Gasteiger charge is -1.98. The van der Waals surface area contributed by atoms with E-state index in [1.54, 1.807) is 6.07 Å². The number of rotatable bonds is 1. The molecule has 1 aromatic heterocycles. The van der Waals surface area contributed by atoms with Crippen LogP contribution >= 0.6 is 11.3 Å². The fourth-order valence-electron chi connectivity index (χ4n) is 1.99. The molecule has 3 aromatic rings. The van der Waals surface area contributed by atoms with Crippen LogP contribution in [0.15, 0.2) is 72.1 Å². The molecule has 2 heteroatoms. The second-order valence-electron chi connectivity index (χ2n) is 4.72. The maximum Gasteiger partial charge on any atom is 0.237 e. The second-order valence-corrected chi connectivity index (χ2v) is 5.67. The number of thiophene rings is 1. The van der Waals surface area contributed by atoms with E-state index in [2.05, 4.69) is 23.7 Å². The predicted molar refractivity (Wildman–Crippen MR) is 94.4 cm³/mol. The van der Waals surface area contributed by atoms with Crippen molar-refractivity contribution in [3.63, 3.8) is 0 Å². The van der Waals surface area contributed by atoms with Gasteiger partial charge in [0.25, 0.3) is 0 Å². The van der Waals surface area contributed by atoms with Gasteiger partial charge in [0.05, 0.1) is 4.88 Å². The zero-order valence-corrected chi connectivity index (χ0v) is 13.1. The minimum Gasteiger partial charge on any atom is -0.279 e. The molecule has 0 aliphatic heterocycles. The number of carbonyl (C=O) groups is 1. The van der Waals surface area contributed by atoms with Gasteiger partial charge >= 0.3 is 0 Å². The molecular weight excluding hydrogens is 300 g/mol. The monoisotopic (exact) mass is 312 g/mol. The van der Waals surface area contributed by atoms with Gasteiger partial charge in [-0.2, -0.15) is 0 Å². The minimum atomic E-state index is -0.212. The van der Waals surface area contributed by atoms with Crippen LogP contribution in [-0.4, -0.2) is 5.78 Å². The molecule has 2 aromatic carbocycles. The van der Waals surface area contributed by atoms with Gasteiger partial charge in [0.1, 0.15) is 0 Å². The van der Waals surface area contributed by atoms with Crippen LogP contribution in [0.5, 0.6) is 0 Å². The number of hydrogen-bond acceptors (Lipinski definition) is 2. The lowest BCUT2D eigenvalue weighted by molar-refractivity contribution is 0.105. The Morgan fingerprint density at radius 2 is 1.57 bits per heavy atom. The van der Waals surface area contributed by atoms with E-state index < -0.39 is 0 Å². The summed E-state index contributed by atoms with van der Waals surface area (Å²) in [7, 11) is 0. The van der Waals surface area contributed by atoms with Crippen molar-refractivity contribution in [1.82, 2.24) is 0 Å². The summed E-state index contributed by atoms with van der Waals surface area (Å²) < 4.78 is 0. The van der Waals surface area contributed by atoms with Gasteiger partial charge in [0, 0.05) is 16.7 Å². The molecule has 0 atom stereocenters. The van der Waals surface area contributed by atoms with Gasteiger partial charge in [0.2, 0.25) is 5.78 Å². The van der Waals surface area contributed by atoms with Crippen LogP contribution in [0.25, 0.3) is 0 Å². The summed E-state index contributed by atoms with van der Waals surface area (Å²) in [6.45, 7) is 0. The van der Waals surface area contributed by atoms with Crippen molar-refractivity contribution in [3.05, 3.63) is 93.7 Å². The van der Waals surface area contributed by atoms with Gasteiger partial charge in [0.15, 0.2) is 0 Å². The second kappa shape index (κ2) is 7.27. The third-order valence-electron chi connectivity index (χ3n) is 3.11. The molecule has 0 bridgehead atoms. The Hall–Kier alpha value is -3.07. The van der Waals surface area contributed by atoms with Gasteiger partial charge in [-0.15, -0.1) is 11.3 Å². The Balaban J connectivity index is 1.89. The molecule has 0 unspecified atom stereocenters. The standard InChI is InChI=1S/C21H12OS/c22-21(15-14-19-10-6-16-23-19)20-11-5-4-9-18(20)13-12-17-7-2-1-3-8-17/h1-11,16H. The van der Waals surface area contributed by atoms with Crippen molar-refractivity contribution < 1.29 is 4.79 Å². The van der Waals surface area contributed by atoms with Gasteiger partial charge in [-0.1, -0.05) is 48.2 Å². The van der Waals surface area contributed by atoms with Crippen LogP contribution in [0.1, 0.15) is 26.4 Å². The minimum absolute atomic E-state index is 0.212. The molecule has 0 spiro atoms. The first-order chi connectivity index (χ1) is 11.3. The molecule has 23 heavy (non-hydrogen) atoms. The summed E-state index contributed by atoms with van der Waals surface area (Å²) in [6, 6.07) is 20.8. The number of Topliss-reactive ketones (excluding diaryl/α,β-unsaturated/α-hetero) is 1. The van der Waals surface area contributed by atoms with Gasteiger partial charge in [-0.05, 0) is 47.6 Å². The summed E-state index contributed by atoms with van der Waals surface area (Å²) in [4.78, 5) is 13.2. The molecule has 0 saturated heterocycles. The van der Waals surface area contributed by atoms with E-state index in [0.717, 1.165) is 10.4 Å². The quantitative estimate of drug-likeness (QED) is 0.481. The highest BCUT2D eigenvalue weighted by Gasteiger charge is 2.06. The highest BCUT2D eigenvalue weighted by atomic mass is 32.1. The molecule has 0 aliphatic carbocycles. The Morgan fingerprint density at radius 3 is 2.35 bits per heavy atom. The molecular formula is C21H12OS. The van der Waals surface area contributed by atoms with Crippen LogP contribution in [0, 0.1) is 23.7 Å². The third kappa shape index (κ3) is 3.98. The van der Waals surface area contributed by atoms with E-state index in [1.165, 1.54) is 11.3 Å². The molecule has 3 rings (SSSR count). The van der Waals surface area contributed by atoms with Gasteiger partial charge in [-0.25, -0.2) is 0 Å². The molecule has 0 aliphatic rings. The lowest BCUT2D eigenvalue weighted by atomic mass is 10.0. The van der Waals surface area contributed by atoms with Crippen LogP contribution < -0.4 is 0 Å². The maximum atomic E-state index is 12.3. The SMILES string of the molecule is O=C(C#Cc1cccs1)c1ccccc1C#Cc1ccccc1. The van der Waals surface area contributed by atoms with E-state index in [4.69, 9.17) is 0 Å². The highest BCUT2D eigenvalue weighted by molar-refractivity contribution is 7.10. The largest absolute Gasteiger partial charge is 0.279 e. The summed E-state index contributed by atoms with van der Waals surface area (Å²) in [5.74, 6) is 11.5. The molecule has 0 amide bonds. The van der Waals surface area contributed by atoms with Crippen molar-refractivity contribution in [2.75, 3.05) is 0 Å². The molecule has 1 nitrogen and oxygen atoms in total. The molecule has 0 N–H and O–H groups in total. The number of carbonyl (C=O) groups excluding carboxylic acids is 1. The van der Waals surface area contributed by atoms with Gasteiger partial charge < -0.3 is 0 Å². The van der Waals surface area contributed by atoms with Crippen LogP contribution in [0.2, 0.25) is 0 Å². The summed E-state index contributed by atoms with van der Waals surface area (Å²) in [5, 5.41) is 1.94.